The molecule has 1 aliphatic heterocycles. The molecule has 3 aromatic rings. The van der Waals surface area contributed by atoms with E-state index in [4.69, 9.17) is 4.98 Å². The van der Waals surface area contributed by atoms with E-state index in [0.717, 1.165) is 44.1 Å². The molecule has 4 rings (SSSR count). The largest absolute Gasteiger partial charge is 0.315 e. The third-order valence-electron chi connectivity index (χ3n) is 5.76. The molecule has 1 aromatic carbocycles. The van der Waals surface area contributed by atoms with Crippen molar-refractivity contribution in [3.63, 3.8) is 0 Å². The van der Waals surface area contributed by atoms with Gasteiger partial charge in [0.15, 0.2) is 0 Å². The van der Waals surface area contributed by atoms with Gasteiger partial charge in [0.2, 0.25) is 0 Å². The molecule has 1 saturated heterocycles. The summed E-state index contributed by atoms with van der Waals surface area (Å²) in [6.45, 7) is 14.3. The quantitative estimate of drug-likeness (QED) is 0.735. The molecule has 148 valence electrons. The zero-order chi connectivity index (χ0) is 19.7. The fraction of sp³-hybridized carbons (Fsp3) is 0.458. The van der Waals surface area contributed by atoms with E-state index in [1.165, 1.54) is 28.9 Å². The maximum atomic E-state index is 5.05. The van der Waals surface area contributed by atoms with Gasteiger partial charge in [0.05, 0.1) is 11.4 Å². The monoisotopic (exact) mass is 376 g/mol. The summed E-state index contributed by atoms with van der Waals surface area (Å²) in [6, 6.07) is 15.4. The van der Waals surface area contributed by atoms with Crippen LogP contribution >= 0.6 is 0 Å². The molecule has 4 heteroatoms. The predicted octanol–water partition coefficient (Wildman–Crippen LogP) is 4.40. The second-order valence-corrected chi connectivity index (χ2v) is 8.97. The molecule has 1 aliphatic rings. The summed E-state index contributed by atoms with van der Waals surface area (Å²) in [5, 5.41) is 3.51. The number of rotatable bonds is 3. The van der Waals surface area contributed by atoms with E-state index in [0.29, 0.717) is 0 Å². The Morgan fingerprint density at radius 1 is 1.00 bits per heavy atom. The molecule has 0 aliphatic carbocycles. The Morgan fingerprint density at radius 3 is 2.54 bits per heavy atom. The molecular weight excluding hydrogens is 344 g/mol. The van der Waals surface area contributed by atoms with E-state index < -0.39 is 0 Å². The molecule has 0 saturated carbocycles. The van der Waals surface area contributed by atoms with Gasteiger partial charge in [-0.1, -0.05) is 51.1 Å². The summed E-state index contributed by atoms with van der Waals surface area (Å²) in [7, 11) is 0. The fourth-order valence-corrected chi connectivity index (χ4v) is 4.10. The van der Waals surface area contributed by atoms with Crippen molar-refractivity contribution in [1.29, 1.82) is 0 Å². The van der Waals surface area contributed by atoms with Crippen molar-refractivity contribution in [2.45, 2.75) is 46.1 Å². The Hall–Kier alpha value is -2.17. The first-order valence-electron chi connectivity index (χ1n) is 10.4. The molecule has 0 unspecified atom stereocenters. The first-order chi connectivity index (χ1) is 13.4. The molecular formula is C24H32N4. The summed E-state index contributed by atoms with van der Waals surface area (Å²) >= 11 is 0. The van der Waals surface area contributed by atoms with E-state index in [1.807, 2.05) is 0 Å². The minimum absolute atomic E-state index is 0.163. The van der Waals surface area contributed by atoms with E-state index in [2.05, 4.69) is 84.8 Å². The van der Waals surface area contributed by atoms with Crippen LogP contribution in [0.15, 0.2) is 42.5 Å². The lowest BCUT2D eigenvalue weighted by Gasteiger charge is -2.21. The van der Waals surface area contributed by atoms with Gasteiger partial charge in [-0.25, -0.2) is 4.98 Å². The van der Waals surface area contributed by atoms with Crippen LogP contribution < -0.4 is 5.32 Å². The number of hydrogen-bond donors (Lipinski definition) is 1. The molecule has 4 nitrogen and oxygen atoms in total. The van der Waals surface area contributed by atoms with Gasteiger partial charge in [0.25, 0.3) is 0 Å². The highest BCUT2D eigenvalue weighted by molar-refractivity contribution is 5.67. The van der Waals surface area contributed by atoms with Gasteiger partial charge in [0, 0.05) is 30.9 Å². The lowest BCUT2D eigenvalue weighted by molar-refractivity contribution is 0.280. The van der Waals surface area contributed by atoms with Crippen LogP contribution in [0, 0.1) is 6.92 Å². The molecule has 0 atom stereocenters. The van der Waals surface area contributed by atoms with Gasteiger partial charge in [-0.2, -0.15) is 0 Å². The highest BCUT2D eigenvalue weighted by Gasteiger charge is 2.20. The van der Waals surface area contributed by atoms with Crippen molar-refractivity contribution in [3.8, 4) is 11.3 Å². The standard InChI is InChI=1S/C24H32N4/c1-18-7-5-8-22-26-23(19-9-11-20(12-10-19)24(2,3)4)21(28(18)22)17-27-15-6-13-25-14-16-27/h5,7-12,25H,6,13-17H2,1-4H3. The number of nitrogens with zero attached hydrogens (tertiary/aromatic N) is 3. The number of pyridine rings is 1. The first-order valence-corrected chi connectivity index (χ1v) is 10.4. The number of fused-ring (bicyclic) bond motifs is 1. The summed E-state index contributed by atoms with van der Waals surface area (Å²) in [6.07, 6.45) is 1.20. The molecule has 0 radical (unpaired) electrons. The van der Waals surface area contributed by atoms with Crippen molar-refractivity contribution in [1.82, 2.24) is 19.6 Å². The summed E-state index contributed by atoms with van der Waals surface area (Å²) < 4.78 is 2.34. The summed E-state index contributed by atoms with van der Waals surface area (Å²) in [5.41, 5.74) is 7.43. The van der Waals surface area contributed by atoms with Gasteiger partial charge >= 0.3 is 0 Å². The zero-order valence-corrected chi connectivity index (χ0v) is 17.6. The van der Waals surface area contributed by atoms with Crippen molar-refractivity contribution in [3.05, 3.63) is 59.4 Å². The topological polar surface area (TPSA) is 32.6 Å². The van der Waals surface area contributed by atoms with E-state index in [-0.39, 0.29) is 5.41 Å². The van der Waals surface area contributed by atoms with Crippen molar-refractivity contribution < 1.29 is 0 Å². The van der Waals surface area contributed by atoms with Crippen molar-refractivity contribution >= 4 is 5.65 Å². The number of aromatic nitrogens is 2. The molecule has 0 amide bonds. The van der Waals surface area contributed by atoms with Crippen LogP contribution in [0.2, 0.25) is 0 Å². The zero-order valence-electron chi connectivity index (χ0n) is 17.6. The number of hydrogen-bond acceptors (Lipinski definition) is 3. The predicted molar refractivity (Wildman–Crippen MR) is 117 cm³/mol. The van der Waals surface area contributed by atoms with Crippen LogP contribution in [0.25, 0.3) is 16.9 Å². The van der Waals surface area contributed by atoms with Gasteiger partial charge in [-0.15, -0.1) is 0 Å². The fourth-order valence-electron chi connectivity index (χ4n) is 4.10. The Balaban J connectivity index is 1.78. The smallest absolute Gasteiger partial charge is 0.137 e. The number of imidazole rings is 1. The number of aryl methyl sites for hydroxylation is 1. The number of nitrogens with one attached hydrogen (secondary N) is 1. The van der Waals surface area contributed by atoms with E-state index in [1.54, 1.807) is 0 Å². The van der Waals surface area contributed by atoms with E-state index in [9.17, 15) is 0 Å². The molecule has 2 aromatic heterocycles. The minimum atomic E-state index is 0.163. The average Bonchev–Trinajstić information content (AvgIpc) is 2.84. The Labute approximate surface area is 168 Å². The lowest BCUT2D eigenvalue weighted by Crippen LogP contribution is -2.28. The van der Waals surface area contributed by atoms with Gasteiger partial charge in [-0.3, -0.25) is 9.30 Å². The molecule has 1 N–H and O–H groups in total. The highest BCUT2D eigenvalue weighted by Crippen LogP contribution is 2.29. The SMILES string of the molecule is Cc1cccc2nc(-c3ccc(C(C)(C)C)cc3)c(CN3CCCNCC3)n12. The normalized spacial score (nSPS) is 16.4. The third kappa shape index (κ3) is 3.85. The summed E-state index contributed by atoms with van der Waals surface area (Å²) in [4.78, 5) is 7.60. The molecule has 0 bridgehead atoms. The van der Waals surface area contributed by atoms with Crippen LogP contribution in [-0.2, 0) is 12.0 Å². The van der Waals surface area contributed by atoms with E-state index >= 15 is 0 Å². The van der Waals surface area contributed by atoms with Crippen LogP contribution in [0.4, 0.5) is 0 Å². The Kier molecular flexibility index (Phi) is 5.26. The molecule has 3 heterocycles. The minimum Gasteiger partial charge on any atom is -0.315 e. The van der Waals surface area contributed by atoms with Gasteiger partial charge in [0.1, 0.15) is 5.65 Å². The van der Waals surface area contributed by atoms with Crippen LogP contribution in [-0.4, -0.2) is 40.5 Å². The average molecular weight is 377 g/mol. The van der Waals surface area contributed by atoms with Crippen LogP contribution in [0.1, 0.15) is 44.1 Å². The van der Waals surface area contributed by atoms with Crippen molar-refractivity contribution in [2.75, 3.05) is 26.2 Å². The maximum Gasteiger partial charge on any atom is 0.137 e. The van der Waals surface area contributed by atoms with Gasteiger partial charge in [-0.05, 0) is 49.5 Å². The van der Waals surface area contributed by atoms with Crippen LogP contribution in [0.3, 0.4) is 0 Å². The number of benzene rings is 1. The Morgan fingerprint density at radius 2 is 1.79 bits per heavy atom. The molecule has 1 fully saturated rings. The Bertz CT molecular complexity index is 939. The molecule has 28 heavy (non-hydrogen) atoms. The maximum absolute atomic E-state index is 5.05. The third-order valence-corrected chi connectivity index (χ3v) is 5.76. The van der Waals surface area contributed by atoms with Crippen LogP contribution in [0.5, 0.6) is 0 Å². The second-order valence-electron chi connectivity index (χ2n) is 8.97. The highest BCUT2D eigenvalue weighted by atomic mass is 15.2. The second kappa shape index (κ2) is 7.69. The van der Waals surface area contributed by atoms with Gasteiger partial charge < -0.3 is 5.32 Å². The summed E-state index contributed by atoms with van der Waals surface area (Å²) in [5.74, 6) is 0. The first kappa shape index (κ1) is 19.2. The lowest BCUT2D eigenvalue weighted by atomic mass is 9.86. The molecule has 0 spiro atoms. The van der Waals surface area contributed by atoms with Crippen molar-refractivity contribution in [2.24, 2.45) is 0 Å².